The van der Waals surface area contributed by atoms with Crippen LogP contribution in [0.4, 0.5) is 0 Å². The molecule has 1 aliphatic rings. The van der Waals surface area contributed by atoms with E-state index in [9.17, 15) is 4.79 Å². The summed E-state index contributed by atoms with van der Waals surface area (Å²) < 4.78 is 21.1. The number of ether oxygens (including phenoxy) is 3. The molecule has 0 aliphatic carbocycles. The molecular weight excluding hydrogens is 350 g/mol. The van der Waals surface area contributed by atoms with Gasteiger partial charge in [-0.25, -0.2) is 0 Å². The highest BCUT2D eigenvalue weighted by Gasteiger charge is 2.27. The predicted octanol–water partition coefficient (Wildman–Crippen LogP) is 2.02. The number of hydrogen-bond acceptors (Lipinski definition) is 7. The maximum Gasteiger partial charge on any atom is 0.260 e. The normalized spacial score (nSPS) is 15.1. The lowest BCUT2D eigenvalue weighted by Crippen LogP contribution is -2.40. The van der Waals surface area contributed by atoms with Gasteiger partial charge in [0.05, 0.1) is 13.2 Å². The molecule has 2 aromatic rings. The summed E-state index contributed by atoms with van der Waals surface area (Å²) in [5, 5.41) is 4.06. The van der Waals surface area contributed by atoms with Crippen LogP contribution in [0.1, 0.15) is 30.5 Å². The number of rotatable bonds is 9. The van der Waals surface area contributed by atoms with E-state index in [0.717, 1.165) is 12.8 Å². The van der Waals surface area contributed by atoms with Crippen LogP contribution in [0, 0.1) is 0 Å². The monoisotopic (exact) mass is 375 g/mol. The van der Waals surface area contributed by atoms with Crippen molar-refractivity contribution >= 4 is 5.91 Å². The van der Waals surface area contributed by atoms with E-state index in [0.29, 0.717) is 43.8 Å². The van der Waals surface area contributed by atoms with Crippen molar-refractivity contribution in [3.63, 3.8) is 0 Å². The van der Waals surface area contributed by atoms with Gasteiger partial charge in [0.2, 0.25) is 0 Å². The summed E-state index contributed by atoms with van der Waals surface area (Å²) in [5.74, 6) is 2.05. The fourth-order valence-electron chi connectivity index (χ4n) is 2.93. The van der Waals surface area contributed by atoms with Crippen LogP contribution in [0.5, 0.6) is 5.75 Å². The van der Waals surface area contributed by atoms with Crippen LogP contribution >= 0.6 is 0 Å². The third kappa shape index (κ3) is 5.77. The van der Waals surface area contributed by atoms with Crippen LogP contribution < -0.4 is 4.74 Å². The number of likely N-dealkylation sites (tertiary alicyclic amines) is 1. The van der Waals surface area contributed by atoms with Gasteiger partial charge in [-0.05, 0) is 25.0 Å². The first-order chi connectivity index (χ1) is 13.3. The molecule has 0 spiro atoms. The molecule has 1 saturated heterocycles. The van der Waals surface area contributed by atoms with Crippen LogP contribution in [-0.2, 0) is 20.9 Å². The summed E-state index contributed by atoms with van der Waals surface area (Å²) in [5.41, 5.74) is 0. The second kappa shape index (κ2) is 10.0. The van der Waals surface area contributed by atoms with E-state index in [2.05, 4.69) is 10.1 Å². The number of carbonyl (C=O) groups excluding carboxylic acids is 1. The molecule has 2 heterocycles. The standard InChI is InChI=1S/C19H25N3O5/c1-24-11-12-25-13-17-20-19(21-27-17)15-7-9-22(10-8-15)18(23)14-26-16-5-3-2-4-6-16/h2-6,15H,7-14H2,1H3. The Hall–Kier alpha value is -2.45. The Morgan fingerprint density at radius 2 is 2.00 bits per heavy atom. The van der Waals surface area contributed by atoms with E-state index in [-0.39, 0.29) is 25.0 Å². The lowest BCUT2D eigenvalue weighted by atomic mass is 9.96. The molecule has 8 nitrogen and oxygen atoms in total. The smallest absolute Gasteiger partial charge is 0.260 e. The SMILES string of the molecule is COCCOCc1nc(C2CCN(C(=O)COc3ccccc3)CC2)no1. The Bertz CT molecular complexity index is 698. The molecule has 0 saturated carbocycles. The molecular formula is C19H25N3O5. The van der Waals surface area contributed by atoms with E-state index in [1.165, 1.54) is 0 Å². The maximum atomic E-state index is 12.3. The second-order valence-electron chi connectivity index (χ2n) is 6.35. The molecule has 1 amide bonds. The molecule has 1 fully saturated rings. The minimum atomic E-state index is -0.00218. The Balaban J connectivity index is 1.40. The average Bonchev–Trinajstić information content (AvgIpc) is 3.19. The van der Waals surface area contributed by atoms with Gasteiger partial charge in [0.25, 0.3) is 11.8 Å². The summed E-state index contributed by atoms with van der Waals surface area (Å²) in [6.07, 6.45) is 1.61. The van der Waals surface area contributed by atoms with Gasteiger partial charge in [0.15, 0.2) is 12.4 Å². The summed E-state index contributed by atoms with van der Waals surface area (Å²) in [6, 6.07) is 9.35. The third-order valence-corrected chi connectivity index (χ3v) is 4.46. The fourth-order valence-corrected chi connectivity index (χ4v) is 2.93. The number of benzene rings is 1. The number of piperidine rings is 1. The Morgan fingerprint density at radius 3 is 2.74 bits per heavy atom. The lowest BCUT2D eigenvalue weighted by molar-refractivity contribution is -0.134. The van der Waals surface area contributed by atoms with Gasteiger partial charge < -0.3 is 23.6 Å². The van der Waals surface area contributed by atoms with Crippen LogP contribution in [0.3, 0.4) is 0 Å². The van der Waals surface area contributed by atoms with Crippen LogP contribution in [-0.4, -0.2) is 61.0 Å². The molecule has 0 atom stereocenters. The Kier molecular flexibility index (Phi) is 7.18. The van der Waals surface area contributed by atoms with E-state index >= 15 is 0 Å². The Labute approximate surface area is 158 Å². The van der Waals surface area contributed by atoms with Gasteiger partial charge in [0, 0.05) is 26.1 Å². The second-order valence-corrected chi connectivity index (χ2v) is 6.35. The van der Waals surface area contributed by atoms with Crippen LogP contribution in [0.2, 0.25) is 0 Å². The molecule has 0 unspecified atom stereocenters. The predicted molar refractivity (Wildman–Crippen MR) is 96.3 cm³/mol. The van der Waals surface area contributed by atoms with Crippen molar-refractivity contribution in [2.24, 2.45) is 0 Å². The minimum Gasteiger partial charge on any atom is -0.484 e. The van der Waals surface area contributed by atoms with Crippen molar-refractivity contribution in [1.82, 2.24) is 15.0 Å². The van der Waals surface area contributed by atoms with Crippen molar-refractivity contribution in [1.29, 1.82) is 0 Å². The zero-order valence-electron chi connectivity index (χ0n) is 15.5. The molecule has 1 aromatic heterocycles. The van der Waals surface area contributed by atoms with Crippen molar-refractivity contribution in [3.8, 4) is 5.75 Å². The average molecular weight is 375 g/mol. The van der Waals surface area contributed by atoms with Gasteiger partial charge in [-0.15, -0.1) is 0 Å². The summed E-state index contributed by atoms with van der Waals surface area (Å²) in [4.78, 5) is 18.5. The number of para-hydroxylation sites is 1. The number of hydrogen-bond donors (Lipinski definition) is 0. The summed E-state index contributed by atoms with van der Waals surface area (Å²) >= 11 is 0. The lowest BCUT2D eigenvalue weighted by Gasteiger charge is -2.30. The first kappa shape index (κ1) is 19.3. The molecule has 1 aliphatic heterocycles. The highest BCUT2D eigenvalue weighted by atomic mass is 16.5. The minimum absolute atomic E-state index is 0.00218. The molecule has 3 rings (SSSR count). The molecule has 146 valence electrons. The molecule has 27 heavy (non-hydrogen) atoms. The van der Waals surface area contributed by atoms with E-state index in [1.807, 2.05) is 35.2 Å². The summed E-state index contributed by atoms with van der Waals surface area (Å²) in [6.45, 7) is 2.68. The van der Waals surface area contributed by atoms with E-state index in [4.69, 9.17) is 18.7 Å². The van der Waals surface area contributed by atoms with Gasteiger partial charge >= 0.3 is 0 Å². The molecule has 0 bridgehead atoms. The zero-order chi connectivity index (χ0) is 18.9. The highest BCUT2D eigenvalue weighted by molar-refractivity contribution is 5.77. The number of nitrogens with zero attached hydrogens (tertiary/aromatic N) is 3. The maximum absolute atomic E-state index is 12.3. The third-order valence-electron chi connectivity index (χ3n) is 4.46. The first-order valence-electron chi connectivity index (χ1n) is 9.11. The number of aromatic nitrogens is 2. The zero-order valence-corrected chi connectivity index (χ0v) is 15.5. The highest BCUT2D eigenvalue weighted by Crippen LogP contribution is 2.26. The topological polar surface area (TPSA) is 86.9 Å². The summed E-state index contributed by atoms with van der Waals surface area (Å²) in [7, 11) is 1.62. The van der Waals surface area contributed by atoms with E-state index in [1.54, 1.807) is 7.11 Å². The van der Waals surface area contributed by atoms with Gasteiger partial charge in [-0.2, -0.15) is 4.98 Å². The quantitative estimate of drug-likeness (QED) is 0.620. The van der Waals surface area contributed by atoms with Crippen LogP contribution in [0.25, 0.3) is 0 Å². The number of amides is 1. The fraction of sp³-hybridized carbons (Fsp3) is 0.526. The van der Waals surface area contributed by atoms with Crippen molar-refractivity contribution in [3.05, 3.63) is 42.0 Å². The molecule has 1 aromatic carbocycles. The van der Waals surface area contributed by atoms with Crippen LogP contribution in [0.15, 0.2) is 34.9 Å². The molecule has 8 heteroatoms. The van der Waals surface area contributed by atoms with Gasteiger partial charge in [0.1, 0.15) is 12.4 Å². The van der Waals surface area contributed by atoms with Gasteiger partial charge in [-0.3, -0.25) is 4.79 Å². The molecule has 0 N–H and O–H groups in total. The van der Waals surface area contributed by atoms with Crippen molar-refractivity contribution in [2.75, 3.05) is 40.0 Å². The largest absolute Gasteiger partial charge is 0.484 e. The first-order valence-corrected chi connectivity index (χ1v) is 9.11. The van der Waals surface area contributed by atoms with Crippen molar-refractivity contribution in [2.45, 2.75) is 25.4 Å². The molecule has 0 radical (unpaired) electrons. The number of carbonyl (C=O) groups is 1. The van der Waals surface area contributed by atoms with E-state index < -0.39 is 0 Å². The van der Waals surface area contributed by atoms with Crippen molar-refractivity contribution < 1.29 is 23.5 Å². The Morgan fingerprint density at radius 1 is 1.22 bits per heavy atom. The number of methoxy groups -OCH3 is 1. The van der Waals surface area contributed by atoms with Gasteiger partial charge in [-0.1, -0.05) is 23.4 Å².